The van der Waals surface area contributed by atoms with Crippen molar-refractivity contribution in [3.8, 4) is 0 Å². The first-order valence-electron chi connectivity index (χ1n) is 10.6. The summed E-state index contributed by atoms with van der Waals surface area (Å²) in [5.41, 5.74) is 1.08. The van der Waals surface area contributed by atoms with Gasteiger partial charge < -0.3 is 10.0 Å². The fourth-order valence-electron chi connectivity index (χ4n) is 3.47. The highest BCUT2D eigenvalue weighted by Crippen LogP contribution is 2.14. The lowest BCUT2D eigenvalue weighted by molar-refractivity contribution is 0.258. The first-order chi connectivity index (χ1) is 11.9. The number of rotatable bonds is 16. The third-order valence-electron chi connectivity index (χ3n) is 5.10. The van der Waals surface area contributed by atoms with E-state index in [0.717, 1.165) is 18.8 Å². The fourth-order valence-corrected chi connectivity index (χ4v) is 3.47. The van der Waals surface area contributed by atoms with Gasteiger partial charge in [-0.2, -0.15) is 0 Å². The Morgan fingerprint density at radius 3 is 1.79 bits per heavy atom. The van der Waals surface area contributed by atoms with Crippen LogP contribution >= 0.6 is 0 Å². The molecule has 0 aromatic carbocycles. The molecule has 2 heteroatoms. The molecule has 1 N–H and O–H groups in total. The predicted molar refractivity (Wildman–Crippen MR) is 106 cm³/mol. The van der Waals surface area contributed by atoms with E-state index in [1.54, 1.807) is 0 Å². The Bertz CT molecular complexity index is 335. The number of unbranched alkanes of at least 4 members (excludes halogenated alkanes) is 13. The lowest BCUT2D eigenvalue weighted by Crippen LogP contribution is -2.27. The maximum Gasteiger partial charge on any atom is 0.0829 e. The van der Waals surface area contributed by atoms with Gasteiger partial charge in [-0.3, -0.25) is 0 Å². The van der Waals surface area contributed by atoms with Crippen molar-refractivity contribution in [1.29, 1.82) is 0 Å². The van der Waals surface area contributed by atoms with Gasteiger partial charge in [-0.05, 0) is 12.5 Å². The molecule has 0 bridgehead atoms. The van der Waals surface area contributed by atoms with Gasteiger partial charge in [0.15, 0.2) is 0 Å². The van der Waals surface area contributed by atoms with Crippen molar-refractivity contribution >= 4 is 0 Å². The Labute approximate surface area is 151 Å². The molecule has 0 aromatic rings. The van der Waals surface area contributed by atoms with E-state index in [1.807, 2.05) is 12.2 Å². The van der Waals surface area contributed by atoms with Crippen LogP contribution in [0.15, 0.2) is 23.9 Å². The van der Waals surface area contributed by atoms with Crippen LogP contribution in [0, 0.1) is 0 Å². The molecule has 140 valence electrons. The van der Waals surface area contributed by atoms with Gasteiger partial charge in [0.05, 0.1) is 6.61 Å². The van der Waals surface area contributed by atoms with Crippen molar-refractivity contribution in [2.75, 3.05) is 19.7 Å². The first-order valence-corrected chi connectivity index (χ1v) is 10.6. The monoisotopic (exact) mass is 335 g/mol. The largest absolute Gasteiger partial charge is 0.390 e. The number of hydrogen-bond donors (Lipinski definition) is 1. The Morgan fingerprint density at radius 2 is 1.29 bits per heavy atom. The zero-order valence-electron chi connectivity index (χ0n) is 16.1. The predicted octanol–water partition coefficient (Wildman–Crippen LogP) is 6.22. The molecule has 0 amide bonds. The molecule has 1 heterocycles. The molecule has 0 saturated carbocycles. The molecule has 0 radical (unpaired) electrons. The summed E-state index contributed by atoms with van der Waals surface area (Å²) in [5, 5.41) is 9.33. The van der Waals surface area contributed by atoms with Crippen LogP contribution in [0.2, 0.25) is 0 Å². The second-order valence-electron chi connectivity index (χ2n) is 7.29. The standard InChI is InChI=1S/C22H41NO/c1-2-3-4-5-6-7-8-9-10-11-12-13-14-16-19-23-20-17-15-18-22(23)21-24/h15,17-18,24H,2-14,16,19-21H2,1H3. The summed E-state index contributed by atoms with van der Waals surface area (Å²) in [5.74, 6) is 0. The van der Waals surface area contributed by atoms with Crippen LogP contribution in [-0.4, -0.2) is 29.7 Å². The molecule has 0 spiro atoms. The van der Waals surface area contributed by atoms with Crippen molar-refractivity contribution in [3.63, 3.8) is 0 Å². The third kappa shape index (κ3) is 10.9. The Morgan fingerprint density at radius 1 is 0.792 bits per heavy atom. The van der Waals surface area contributed by atoms with E-state index in [1.165, 1.54) is 89.9 Å². The van der Waals surface area contributed by atoms with Gasteiger partial charge in [-0.1, -0.05) is 103 Å². The number of aliphatic hydroxyl groups is 1. The van der Waals surface area contributed by atoms with E-state index >= 15 is 0 Å². The van der Waals surface area contributed by atoms with Crippen LogP contribution in [0.1, 0.15) is 96.8 Å². The van der Waals surface area contributed by atoms with E-state index in [4.69, 9.17) is 0 Å². The molecular formula is C22H41NO. The van der Waals surface area contributed by atoms with E-state index in [0.29, 0.717) is 0 Å². The molecule has 0 aliphatic carbocycles. The van der Waals surface area contributed by atoms with Crippen LogP contribution in [-0.2, 0) is 0 Å². The summed E-state index contributed by atoms with van der Waals surface area (Å²) in [6.45, 7) is 4.51. The van der Waals surface area contributed by atoms with Crippen molar-refractivity contribution in [2.24, 2.45) is 0 Å². The summed E-state index contributed by atoms with van der Waals surface area (Å²) in [4.78, 5) is 2.31. The van der Waals surface area contributed by atoms with E-state index in [9.17, 15) is 5.11 Å². The van der Waals surface area contributed by atoms with Gasteiger partial charge in [0.25, 0.3) is 0 Å². The highest BCUT2D eigenvalue weighted by Gasteiger charge is 2.08. The van der Waals surface area contributed by atoms with Gasteiger partial charge in [-0.15, -0.1) is 0 Å². The first kappa shape index (κ1) is 21.3. The van der Waals surface area contributed by atoms with Crippen LogP contribution in [0.4, 0.5) is 0 Å². The maximum atomic E-state index is 9.33. The average Bonchev–Trinajstić information content (AvgIpc) is 2.62. The Balaban J connectivity index is 1.79. The van der Waals surface area contributed by atoms with Crippen LogP contribution in [0.3, 0.4) is 0 Å². The fraction of sp³-hybridized carbons (Fsp3) is 0.818. The van der Waals surface area contributed by atoms with E-state index in [2.05, 4.69) is 17.9 Å². The summed E-state index contributed by atoms with van der Waals surface area (Å²) in [7, 11) is 0. The molecule has 0 unspecified atom stereocenters. The van der Waals surface area contributed by atoms with Crippen molar-refractivity contribution in [3.05, 3.63) is 23.9 Å². The maximum absolute atomic E-state index is 9.33. The molecule has 2 nitrogen and oxygen atoms in total. The van der Waals surface area contributed by atoms with Crippen LogP contribution in [0.5, 0.6) is 0 Å². The Hall–Kier alpha value is -0.760. The molecule has 0 aromatic heterocycles. The number of aliphatic hydroxyl groups excluding tert-OH is 1. The van der Waals surface area contributed by atoms with E-state index in [-0.39, 0.29) is 6.61 Å². The summed E-state index contributed by atoms with van der Waals surface area (Å²) >= 11 is 0. The summed E-state index contributed by atoms with van der Waals surface area (Å²) in [6.07, 6.45) is 25.9. The highest BCUT2D eigenvalue weighted by atomic mass is 16.3. The van der Waals surface area contributed by atoms with Gasteiger partial charge in [0.2, 0.25) is 0 Å². The minimum atomic E-state index is 0.170. The van der Waals surface area contributed by atoms with Crippen LogP contribution < -0.4 is 0 Å². The zero-order chi connectivity index (χ0) is 17.3. The normalized spacial score (nSPS) is 14.2. The molecular weight excluding hydrogens is 294 g/mol. The number of nitrogens with zero attached hydrogens (tertiary/aromatic N) is 1. The van der Waals surface area contributed by atoms with Crippen molar-refractivity contribution in [2.45, 2.75) is 96.8 Å². The summed E-state index contributed by atoms with van der Waals surface area (Å²) in [6, 6.07) is 0. The number of hydrogen-bond acceptors (Lipinski definition) is 2. The molecule has 1 aliphatic rings. The third-order valence-corrected chi connectivity index (χ3v) is 5.10. The minimum absolute atomic E-state index is 0.170. The second kappa shape index (κ2) is 15.7. The zero-order valence-corrected chi connectivity index (χ0v) is 16.1. The smallest absolute Gasteiger partial charge is 0.0829 e. The molecule has 0 saturated heterocycles. The molecule has 0 atom stereocenters. The SMILES string of the molecule is CCCCCCCCCCCCCCCCN1CC=CC=C1CO. The second-order valence-corrected chi connectivity index (χ2v) is 7.29. The van der Waals surface area contributed by atoms with Crippen molar-refractivity contribution in [1.82, 2.24) is 4.90 Å². The number of allylic oxidation sites excluding steroid dienone is 2. The molecule has 1 rings (SSSR count). The summed E-state index contributed by atoms with van der Waals surface area (Å²) < 4.78 is 0. The molecule has 24 heavy (non-hydrogen) atoms. The van der Waals surface area contributed by atoms with Crippen LogP contribution in [0.25, 0.3) is 0 Å². The van der Waals surface area contributed by atoms with Gasteiger partial charge >= 0.3 is 0 Å². The topological polar surface area (TPSA) is 23.5 Å². The lowest BCUT2D eigenvalue weighted by Gasteiger charge is -2.27. The molecule has 0 fully saturated rings. The average molecular weight is 336 g/mol. The lowest BCUT2D eigenvalue weighted by atomic mass is 10.0. The van der Waals surface area contributed by atoms with Gasteiger partial charge in [0, 0.05) is 18.8 Å². The molecule has 1 aliphatic heterocycles. The highest BCUT2D eigenvalue weighted by molar-refractivity contribution is 5.17. The van der Waals surface area contributed by atoms with Crippen molar-refractivity contribution < 1.29 is 5.11 Å². The quantitative estimate of drug-likeness (QED) is 0.339. The van der Waals surface area contributed by atoms with E-state index < -0.39 is 0 Å². The van der Waals surface area contributed by atoms with Gasteiger partial charge in [-0.25, -0.2) is 0 Å². The van der Waals surface area contributed by atoms with Gasteiger partial charge in [0.1, 0.15) is 0 Å². The Kier molecular flexibility index (Phi) is 14.0. The minimum Gasteiger partial charge on any atom is -0.390 e.